The zero-order valence-electron chi connectivity index (χ0n) is 14.4. The van der Waals surface area contributed by atoms with E-state index in [1.165, 1.54) is 25.7 Å². The highest BCUT2D eigenvalue weighted by Crippen LogP contribution is 2.24. The number of hydrogen-bond acceptors (Lipinski definition) is 6. The van der Waals surface area contributed by atoms with E-state index in [9.17, 15) is 0 Å². The molecule has 6 nitrogen and oxygen atoms in total. The number of anilines is 2. The van der Waals surface area contributed by atoms with Crippen LogP contribution in [0.15, 0.2) is 30.5 Å². The minimum atomic E-state index is 0.277. The first kappa shape index (κ1) is 16.3. The summed E-state index contributed by atoms with van der Waals surface area (Å²) in [6.07, 6.45) is 9.26. The van der Waals surface area contributed by atoms with Gasteiger partial charge in [-0.2, -0.15) is 4.98 Å². The van der Waals surface area contributed by atoms with E-state index in [1.807, 2.05) is 24.3 Å². The molecule has 2 N–H and O–H groups in total. The van der Waals surface area contributed by atoms with E-state index in [-0.39, 0.29) is 6.10 Å². The fourth-order valence-corrected chi connectivity index (χ4v) is 3.52. The highest BCUT2D eigenvalue weighted by molar-refractivity contribution is 5.61. The number of hydrogen-bond donors (Lipinski definition) is 2. The van der Waals surface area contributed by atoms with Crippen LogP contribution in [0.1, 0.15) is 38.5 Å². The van der Waals surface area contributed by atoms with E-state index in [1.54, 1.807) is 6.20 Å². The summed E-state index contributed by atoms with van der Waals surface area (Å²) in [4.78, 5) is 13.8. The quantitative estimate of drug-likeness (QED) is 0.839. The second-order valence-corrected chi connectivity index (χ2v) is 6.82. The number of aromatic nitrogens is 3. The van der Waals surface area contributed by atoms with E-state index < -0.39 is 0 Å². The average Bonchev–Trinajstić information content (AvgIpc) is 3.34. The summed E-state index contributed by atoms with van der Waals surface area (Å²) in [5.41, 5.74) is 1.70. The Balaban J connectivity index is 1.55. The van der Waals surface area contributed by atoms with Gasteiger partial charge in [-0.05, 0) is 37.8 Å². The molecule has 6 heteroatoms. The van der Waals surface area contributed by atoms with Crippen molar-refractivity contribution in [2.45, 2.75) is 50.7 Å². The molecule has 1 saturated heterocycles. The Bertz CT molecular complexity index is 681. The Morgan fingerprint density at radius 3 is 2.72 bits per heavy atom. The summed E-state index contributed by atoms with van der Waals surface area (Å²) < 4.78 is 5.69. The van der Waals surface area contributed by atoms with Gasteiger partial charge in [0.2, 0.25) is 5.95 Å². The molecule has 1 aliphatic carbocycles. The van der Waals surface area contributed by atoms with E-state index >= 15 is 0 Å². The predicted octanol–water partition coefficient (Wildman–Crippen LogP) is 3.48. The van der Waals surface area contributed by atoms with Crippen molar-refractivity contribution < 1.29 is 4.74 Å². The minimum absolute atomic E-state index is 0.277. The SMILES string of the molecule is c1ccc(-c2cc(NC[C@@H]3CCCO3)nc(NC3CCCC3)n2)nc1. The highest BCUT2D eigenvalue weighted by atomic mass is 16.5. The van der Waals surface area contributed by atoms with Crippen molar-refractivity contribution in [3.05, 3.63) is 30.5 Å². The molecule has 25 heavy (non-hydrogen) atoms. The van der Waals surface area contributed by atoms with Crippen LogP contribution in [0.4, 0.5) is 11.8 Å². The second kappa shape index (κ2) is 7.78. The van der Waals surface area contributed by atoms with Crippen molar-refractivity contribution in [1.29, 1.82) is 0 Å². The summed E-state index contributed by atoms with van der Waals surface area (Å²) >= 11 is 0. The van der Waals surface area contributed by atoms with E-state index in [0.717, 1.165) is 43.2 Å². The molecule has 0 unspecified atom stereocenters. The minimum Gasteiger partial charge on any atom is -0.376 e. The van der Waals surface area contributed by atoms with Crippen molar-refractivity contribution in [3.8, 4) is 11.4 Å². The molecule has 0 amide bonds. The number of nitrogens with zero attached hydrogens (tertiary/aromatic N) is 3. The maximum absolute atomic E-state index is 5.69. The van der Waals surface area contributed by atoms with Crippen molar-refractivity contribution in [3.63, 3.8) is 0 Å². The molecular weight excluding hydrogens is 314 g/mol. The van der Waals surface area contributed by atoms with Crippen LogP contribution in [0.2, 0.25) is 0 Å². The number of rotatable bonds is 6. The second-order valence-electron chi connectivity index (χ2n) is 6.82. The Hall–Kier alpha value is -2.21. The van der Waals surface area contributed by atoms with Gasteiger partial charge in [0.25, 0.3) is 0 Å². The Morgan fingerprint density at radius 1 is 1.04 bits per heavy atom. The molecule has 132 valence electrons. The van der Waals surface area contributed by atoms with E-state index in [2.05, 4.69) is 20.6 Å². The van der Waals surface area contributed by atoms with Gasteiger partial charge >= 0.3 is 0 Å². The smallest absolute Gasteiger partial charge is 0.225 e. The standard InChI is InChI=1S/C19H25N5O/c1-2-7-14(6-1)22-19-23-17(16-9-3-4-10-20-16)12-18(24-19)21-13-15-8-5-11-25-15/h3-4,9-10,12,14-15H,1-2,5-8,11,13H2,(H2,21,22,23,24)/t15-/m0/s1. The fourth-order valence-electron chi connectivity index (χ4n) is 3.52. The molecule has 2 aliphatic rings. The molecule has 1 aliphatic heterocycles. The molecule has 1 saturated carbocycles. The normalized spacial score (nSPS) is 20.7. The monoisotopic (exact) mass is 339 g/mol. The average molecular weight is 339 g/mol. The molecule has 2 aromatic heterocycles. The number of ether oxygens (including phenoxy) is 1. The van der Waals surface area contributed by atoms with Gasteiger partial charge < -0.3 is 15.4 Å². The van der Waals surface area contributed by atoms with Gasteiger partial charge in [-0.25, -0.2) is 4.98 Å². The van der Waals surface area contributed by atoms with Crippen molar-refractivity contribution in [2.24, 2.45) is 0 Å². The van der Waals surface area contributed by atoms with Crippen LogP contribution in [0.5, 0.6) is 0 Å². The zero-order valence-corrected chi connectivity index (χ0v) is 14.4. The lowest BCUT2D eigenvalue weighted by Crippen LogP contribution is -2.21. The molecule has 0 spiro atoms. The highest BCUT2D eigenvalue weighted by Gasteiger charge is 2.18. The third-order valence-electron chi connectivity index (χ3n) is 4.88. The molecule has 4 rings (SSSR count). The van der Waals surface area contributed by atoms with Crippen LogP contribution in [0.3, 0.4) is 0 Å². The summed E-state index contributed by atoms with van der Waals surface area (Å²) in [6.45, 7) is 1.64. The van der Waals surface area contributed by atoms with E-state index in [4.69, 9.17) is 9.72 Å². The van der Waals surface area contributed by atoms with Gasteiger partial charge in [-0.1, -0.05) is 18.9 Å². The molecule has 2 aromatic rings. The first-order valence-electron chi connectivity index (χ1n) is 9.29. The van der Waals surface area contributed by atoms with Gasteiger partial charge in [0.1, 0.15) is 5.82 Å². The first-order chi connectivity index (χ1) is 12.4. The van der Waals surface area contributed by atoms with Gasteiger partial charge in [-0.3, -0.25) is 4.98 Å². The van der Waals surface area contributed by atoms with Crippen LogP contribution >= 0.6 is 0 Å². The summed E-state index contributed by atoms with van der Waals surface area (Å²) in [5, 5.41) is 6.92. The Labute approximate surface area is 148 Å². The van der Waals surface area contributed by atoms with Crippen LogP contribution < -0.4 is 10.6 Å². The summed E-state index contributed by atoms with van der Waals surface area (Å²) in [6, 6.07) is 8.32. The Kier molecular flexibility index (Phi) is 5.06. The van der Waals surface area contributed by atoms with Gasteiger partial charge in [0, 0.05) is 31.5 Å². The molecule has 0 bridgehead atoms. The van der Waals surface area contributed by atoms with Crippen LogP contribution in [0.25, 0.3) is 11.4 Å². The molecule has 3 heterocycles. The van der Waals surface area contributed by atoms with Gasteiger partial charge in [-0.15, -0.1) is 0 Å². The maximum atomic E-state index is 5.69. The van der Waals surface area contributed by atoms with E-state index in [0.29, 0.717) is 12.0 Å². The maximum Gasteiger partial charge on any atom is 0.225 e. The third kappa shape index (κ3) is 4.25. The van der Waals surface area contributed by atoms with Crippen molar-refractivity contribution >= 4 is 11.8 Å². The lowest BCUT2D eigenvalue weighted by molar-refractivity contribution is 0.120. The van der Waals surface area contributed by atoms with Crippen LogP contribution in [0, 0.1) is 0 Å². The van der Waals surface area contributed by atoms with Gasteiger partial charge in [0.05, 0.1) is 17.5 Å². The number of nitrogens with one attached hydrogen (secondary N) is 2. The largest absolute Gasteiger partial charge is 0.376 e. The number of pyridine rings is 1. The van der Waals surface area contributed by atoms with Crippen LogP contribution in [-0.2, 0) is 4.74 Å². The lowest BCUT2D eigenvalue weighted by atomic mass is 10.2. The van der Waals surface area contributed by atoms with Crippen molar-refractivity contribution in [1.82, 2.24) is 15.0 Å². The molecule has 0 aromatic carbocycles. The zero-order chi connectivity index (χ0) is 16.9. The molecule has 1 atom stereocenters. The summed E-state index contributed by atoms with van der Waals surface area (Å²) in [7, 11) is 0. The Morgan fingerprint density at radius 2 is 1.96 bits per heavy atom. The topological polar surface area (TPSA) is 72.0 Å². The molecular formula is C19H25N5O. The predicted molar refractivity (Wildman–Crippen MR) is 98.6 cm³/mol. The fraction of sp³-hybridized carbons (Fsp3) is 0.526. The molecule has 0 radical (unpaired) electrons. The van der Waals surface area contributed by atoms with Crippen molar-refractivity contribution in [2.75, 3.05) is 23.8 Å². The molecule has 2 fully saturated rings. The first-order valence-corrected chi connectivity index (χ1v) is 9.29. The summed E-state index contributed by atoms with van der Waals surface area (Å²) in [5.74, 6) is 1.51. The van der Waals surface area contributed by atoms with Gasteiger partial charge in [0.15, 0.2) is 0 Å². The lowest BCUT2D eigenvalue weighted by Gasteiger charge is -2.16. The van der Waals surface area contributed by atoms with Crippen LogP contribution in [-0.4, -0.2) is 40.2 Å². The third-order valence-corrected chi connectivity index (χ3v) is 4.88.